The Morgan fingerprint density at radius 1 is 1.04 bits per heavy atom. The Labute approximate surface area is 263 Å². The van der Waals surface area contributed by atoms with Gasteiger partial charge in [-0.2, -0.15) is 18.3 Å². The quantitative estimate of drug-likeness (QED) is 0.161. The molecule has 0 saturated carbocycles. The number of ether oxygens (including phenoxy) is 1. The molecule has 2 aromatic heterocycles. The van der Waals surface area contributed by atoms with Crippen molar-refractivity contribution in [1.82, 2.24) is 19.3 Å². The molecule has 0 saturated heterocycles. The number of imidazole rings is 1. The van der Waals surface area contributed by atoms with Crippen LogP contribution in [0, 0.1) is 6.92 Å². The molecule has 0 aliphatic carbocycles. The van der Waals surface area contributed by atoms with Gasteiger partial charge in [-0.3, -0.25) is 9.52 Å². The fourth-order valence-corrected chi connectivity index (χ4v) is 5.62. The van der Waals surface area contributed by atoms with Crippen LogP contribution in [0.4, 0.5) is 24.5 Å². The van der Waals surface area contributed by atoms with Crippen LogP contribution >= 0.6 is 0 Å². The zero-order valence-electron chi connectivity index (χ0n) is 25.4. The van der Waals surface area contributed by atoms with E-state index in [4.69, 9.17) is 4.74 Å². The summed E-state index contributed by atoms with van der Waals surface area (Å²) in [6.45, 7) is 3.53. The molecule has 0 bridgehead atoms. The molecule has 0 aliphatic heterocycles. The van der Waals surface area contributed by atoms with Crippen molar-refractivity contribution >= 4 is 27.2 Å². The van der Waals surface area contributed by atoms with Crippen molar-refractivity contribution in [2.45, 2.75) is 26.4 Å². The van der Waals surface area contributed by atoms with Crippen LogP contribution in [-0.4, -0.2) is 53.4 Å². The number of para-hydroxylation sites is 1. The summed E-state index contributed by atoms with van der Waals surface area (Å²) in [5.41, 5.74) is 3.61. The Kier molecular flexibility index (Phi) is 8.92. The molecule has 5 rings (SSSR count). The first-order valence-electron chi connectivity index (χ1n) is 14.1. The molecule has 0 unspecified atom stereocenters. The Hall–Kier alpha value is -5.11. The number of halogens is 3. The summed E-state index contributed by atoms with van der Waals surface area (Å²) in [6, 6.07) is 16.3. The molecule has 2 N–H and O–H groups in total. The maximum atomic E-state index is 13.6. The summed E-state index contributed by atoms with van der Waals surface area (Å²) >= 11 is 0. The summed E-state index contributed by atoms with van der Waals surface area (Å²) < 4.78 is 75.5. The number of hydrogen-bond donors (Lipinski definition) is 2. The van der Waals surface area contributed by atoms with E-state index >= 15 is 0 Å². The summed E-state index contributed by atoms with van der Waals surface area (Å²) in [4.78, 5) is 17.9. The minimum Gasteiger partial charge on any atom is -0.492 e. The number of ketones is 1. The number of carbonyl (C=O) groups is 1. The first-order chi connectivity index (χ1) is 21.8. The first-order valence-corrected chi connectivity index (χ1v) is 16.0. The zero-order valence-corrected chi connectivity index (χ0v) is 26.2. The maximum Gasteiger partial charge on any atom is 0.416 e. The fraction of sp³-hybridized carbons (Fsp3) is 0.219. The van der Waals surface area contributed by atoms with E-state index in [1.165, 1.54) is 7.11 Å². The van der Waals surface area contributed by atoms with Crippen molar-refractivity contribution in [3.05, 3.63) is 102 Å². The standard InChI is InChI=1S/C32H31F3N6O4S/c1-5-28-24(16-38-41(28)23-9-7-6-8-10-23)27-18-40(19-37-27)29-13-21(12-11-20(29)2)30(42)17-36-25-14-22(32(33,34)35)15-26(31(25)45-3)39-46(4,43)44/h6-16,18-19,36,39H,5,17H2,1-4H3. The number of hydrogen-bond acceptors (Lipinski definition) is 7. The van der Waals surface area contributed by atoms with Gasteiger partial charge < -0.3 is 14.6 Å². The highest BCUT2D eigenvalue weighted by atomic mass is 32.2. The second-order valence-corrected chi connectivity index (χ2v) is 12.3. The number of sulfonamides is 1. The van der Waals surface area contributed by atoms with E-state index in [2.05, 4.69) is 15.4 Å². The van der Waals surface area contributed by atoms with E-state index in [1.54, 1.807) is 35.3 Å². The van der Waals surface area contributed by atoms with Gasteiger partial charge in [0.1, 0.15) is 0 Å². The molecule has 10 nitrogen and oxygen atoms in total. The average molecular weight is 653 g/mol. The smallest absolute Gasteiger partial charge is 0.416 e. The third-order valence-corrected chi connectivity index (χ3v) is 7.82. The maximum absolute atomic E-state index is 13.6. The highest BCUT2D eigenvalue weighted by molar-refractivity contribution is 7.92. The molecule has 0 radical (unpaired) electrons. The Bertz CT molecular complexity index is 2000. The predicted molar refractivity (Wildman–Crippen MR) is 170 cm³/mol. The molecular weight excluding hydrogens is 621 g/mol. The number of nitrogens with zero attached hydrogens (tertiary/aromatic N) is 4. The monoisotopic (exact) mass is 652 g/mol. The Morgan fingerprint density at radius 2 is 1.76 bits per heavy atom. The number of aryl methyl sites for hydroxylation is 1. The van der Waals surface area contributed by atoms with Crippen molar-refractivity contribution in [3.8, 4) is 28.4 Å². The first kappa shape index (κ1) is 32.3. The molecule has 0 fully saturated rings. The lowest BCUT2D eigenvalue weighted by Crippen LogP contribution is -2.17. The highest BCUT2D eigenvalue weighted by Crippen LogP contribution is 2.41. The minimum absolute atomic E-state index is 0.191. The molecule has 2 heterocycles. The van der Waals surface area contributed by atoms with Crippen LogP contribution < -0.4 is 14.8 Å². The Morgan fingerprint density at radius 3 is 2.41 bits per heavy atom. The predicted octanol–water partition coefficient (Wildman–Crippen LogP) is 6.29. The van der Waals surface area contributed by atoms with E-state index in [1.807, 2.05) is 59.8 Å². The van der Waals surface area contributed by atoms with E-state index in [0.29, 0.717) is 23.0 Å². The van der Waals surface area contributed by atoms with Crippen LogP contribution in [0.15, 0.2) is 79.4 Å². The second kappa shape index (κ2) is 12.7. The number of aromatic nitrogens is 4. The number of rotatable bonds is 11. The van der Waals surface area contributed by atoms with E-state index in [9.17, 15) is 26.4 Å². The number of methoxy groups -OCH3 is 1. The van der Waals surface area contributed by atoms with Crippen molar-refractivity contribution in [2.75, 3.05) is 29.9 Å². The van der Waals surface area contributed by atoms with Gasteiger partial charge in [0.2, 0.25) is 10.0 Å². The lowest BCUT2D eigenvalue weighted by atomic mass is 10.1. The number of anilines is 2. The third kappa shape index (κ3) is 6.91. The van der Waals surface area contributed by atoms with Crippen molar-refractivity contribution in [3.63, 3.8) is 0 Å². The number of nitrogens with one attached hydrogen (secondary N) is 2. The summed E-state index contributed by atoms with van der Waals surface area (Å²) in [5.74, 6) is -0.611. The molecule has 240 valence electrons. The lowest BCUT2D eigenvalue weighted by molar-refractivity contribution is -0.137. The van der Waals surface area contributed by atoms with Gasteiger partial charge in [-0.25, -0.2) is 18.1 Å². The number of alkyl halides is 3. The highest BCUT2D eigenvalue weighted by Gasteiger charge is 2.33. The molecule has 0 aliphatic rings. The zero-order chi connectivity index (χ0) is 33.2. The largest absolute Gasteiger partial charge is 0.492 e. The number of benzene rings is 3. The molecule has 0 amide bonds. The van der Waals surface area contributed by atoms with Gasteiger partial charge in [0.15, 0.2) is 11.5 Å². The molecule has 0 atom stereocenters. The van der Waals surface area contributed by atoms with Gasteiger partial charge in [0.25, 0.3) is 0 Å². The molecule has 0 spiro atoms. The van der Waals surface area contributed by atoms with Crippen LogP contribution in [0.5, 0.6) is 5.75 Å². The third-order valence-electron chi connectivity index (χ3n) is 7.23. The molecule has 3 aromatic carbocycles. The summed E-state index contributed by atoms with van der Waals surface area (Å²) in [7, 11) is -2.75. The van der Waals surface area contributed by atoms with Crippen LogP contribution in [0.2, 0.25) is 0 Å². The van der Waals surface area contributed by atoms with E-state index in [0.717, 1.165) is 41.3 Å². The van der Waals surface area contributed by atoms with Gasteiger partial charge in [-0.05, 0) is 49.2 Å². The van der Waals surface area contributed by atoms with Crippen LogP contribution in [0.1, 0.15) is 34.1 Å². The van der Waals surface area contributed by atoms with Crippen LogP contribution in [0.25, 0.3) is 22.6 Å². The Balaban J connectivity index is 1.41. The van der Waals surface area contributed by atoms with Crippen LogP contribution in [0.3, 0.4) is 0 Å². The molecular formula is C32H31F3N6O4S. The average Bonchev–Trinajstić information content (AvgIpc) is 3.66. The van der Waals surface area contributed by atoms with Crippen LogP contribution in [-0.2, 0) is 22.6 Å². The normalized spacial score (nSPS) is 11.8. The molecule has 46 heavy (non-hydrogen) atoms. The van der Waals surface area contributed by atoms with Gasteiger partial charge in [-0.15, -0.1) is 0 Å². The second-order valence-electron chi connectivity index (χ2n) is 10.5. The van der Waals surface area contributed by atoms with Gasteiger partial charge in [0, 0.05) is 17.3 Å². The van der Waals surface area contributed by atoms with E-state index < -0.39 is 39.8 Å². The van der Waals surface area contributed by atoms with Crippen molar-refractivity contribution in [2.24, 2.45) is 0 Å². The van der Waals surface area contributed by atoms with Gasteiger partial charge in [0.05, 0.1) is 72.1 Å². The SMILES string of the molecule is CCc1c(-c2cn(-c3cc(C(=O)CNc4cc(C(F)(F)F)cc(NS(C)(=O)=O)c4OC)ccc3C)cn2)cnn1-c1ccccc1. The molecule has 5 aromatic rings. The van der Waals surface area contributed by atoms with Gasteiger partial charge >= 0.3 is 6.18 Å². The summed E-state index contributed by atoms with van der Waals surface area (Å²) in [5, 5.41) is 7.27. The van der Waals surface area contributed by atoms with Crippen molar-refractivity contribution < 1.29 is 31.1 Å². The number of carbonyl (C=O) groups excluding carboxylic acids is 1. The van der Waals surface area contributed by atoms with Gasteiger partial charge in [-0.1, -0.05) is 37.3 Å². The fourth-order valence-electron chi connectivity index (χ4n) is 5.07. The van der Waals surface area contributed by atoms with Crippen molar-refractivity contribution in [1.29, 1.82) is 0 Å². The molecule has 14 heteroatoms. The minimum atomic E-state index is -4.78. The lowest BCUT2D eigenvalue weighted by Gasteiger charge is -2.18. The summed E-state index contributed by atoms with van der Waals surface area (Å²) in [6.07, 6.45) is 2.01. The van der Waals surface area contributed by atoms with E-state index in [-0.39, 0.29) is 11.4 Å². The number of Topliss-reactive ketones (excluding diaryl/α,β-unsaturated/α-hetero) is 1. The topological polar surface area (TPSA) is 120 Å².